The van der Waals surface area contributed by atoms with Crippen molar-refractivity contribution in [1.82, 2.24) is 10.2 Å². The molecule has 23 heavy (non-hydrogen) atoms. The van der Waals surface area contributed by atoms with Crippen LogP contribution in [0.1, 0.15) is 16.7 Å². The molecule has 0 aromatic heterocycles. The highest BCUT2D eigenvalue weighted by atomic mass is 79.9. The fourth-order valence-electron chi connectivity index (χ4n) is 2.41. The van der Waals surface area contributed by atoms with Gasteiger partial charge in [-0.25, -0.2) is 4.79 Å². The van der Waals surface area contributed by atoms with Crippen LogP contribution in [0.3, 0.4) is 0 Å². The van der Waals surface area contributed by atoms with Crippen molar-refractivity contribution in [3.8, 4) is 0 Å². The smallest absolute Gasteiger partial charge is 0.303 e. The van der Waals surface area contributed by atoms with Crippen LogP contribution in [0.5, 0.6) is 0 Å². The van der Waals surface area contributed by atoms with E-state index in [2.05, 4.69) is 21.2 Å². The van der Waals surface area contributed by atoms with Gasteiger partial charge in [0.25, 0.3) is 5.91 Å². The summed E-state index contributed by atoms with van der Waals surface area (Å²) in [5.74, 6) is -0.306. The Morgan fingerprint density at radius 1 is 1.13 bits per heavy atom. The molecule has 1 aliphatic heterocycles. The van der Waals surface area contributed by atoms with E-state index >= 15 is 0 Å². The van der Waals surface area contributed by atoms with Crippen LogP contribution in [0.15, 0.2) is 58.7 Å². The summed E-state index contributed by atoms with van der Waals surface area (Å²) >= 11 is 3.37. The van der Waals surface area contributed by atoms with Crippen molar-refractivity contribution in [1.29, 1.82) is 0 Å². The van der Waals surface area contributed by atoms with Crippen molar-refractivity contribution < 1.29 is 9.59 Å². The largest absolute Gasteiger partial charge is 0.329 e. The zero-order valence-electron chi connectivity index (χ0n) is 12.5. The molecule has 3 amide bonds. The van der Waals surface area contributed by atoms with Crippen LogP contribution in [0, 0.1) is 6.92 Å². The van der Waals surface area contributed by atoms with Crippen LogP contribution in [-0.2, 0) is 11.3 Å². The van der Waals surface area contributed by atoms with Gasteiger partial charge < -0.3 is 5.32 Å². The average Bonchev–Trinajstić information content (AvgIpc) is 2.77. The third kappa shape index (κ3) is 3.51. The molecule has 0 spiro atoms. The summed E-state index contributed by atoms with van der Waals surface area (Å²) in [6, 6.07) is 14.9. The molecule has 0 atom stereocenters. The van der Waals surface area contributed by atoms with Gasteiger partial charge in [-0.2, -0.15) is 0 Å². The quantitative estimate of drug-likeness (QED) is 0.658. The van der Waals surface area contributed by atoms with Crippen LogP contribution in [-0.4, -0.2) is 16.8 Å². The van der Waals surface area contributed by atoms with Gasteiger partial charge in [0.2, 0.25) is 0 Å². The lowest BCUT2D eigenvalue weighted by Gasteiger charge is -2.11. The van der Waals surface area contributed by atoms with E-state index in [0.717, 1.165) is 21.2 Å². The summed E-state index contributed by atoms with van der Waals surface area (Å²) in [6.07, 6.45) is 1.70. The number of urea groups is 1. The standard InChI is InChI=1S/C18H15BrN2O2/c1-12-3-2-4-14(9-12)10-16-17(22)21(18(23)20-16)11-13-5-7-15(19)8-6-13/h2-10H,11H2,1H3,(H,20,23)/b16-10-. The van der Waals surface area contributed by atoms with Crippen molar-refractivity contribution in [2.75, 3.05) is 0 Å². The van der Waals surface area contributed by atoms with Crippen LogP contribution in [0.2, 0.25) is 0 Å². The zero-order chi connectivity index (χ0) is 16.4. The van der Waals surface area contributed by atoms with E-state index in [-0.39, 0.29) is 12.5 Å². The van der Waals surface area contributed by atoms with Gasteiger partial charge in [0.1, 0.15) is 5.70 Å². The Hall–Kier alpha value is -2.40. The third-order valence-electron chi connectivity index (χ3n) is 3.57. The maximum absolute atomic E-state index is 12.4. The van der Waals surface area contributed by atoms with Crippen molar-refractivity contribution in [3.05, 3.63) is 75.4 Å². The molecule has 4 nitrogen and oxygen atoms in total. The lowest BCUT2D eigenvalue weighted by Crippen LogP contribution is -2.30. The van der Waals surface area contributed by atoms with E-state index in [1.54, 1.807) is 6.08 Å². The highest BCUT2D eigenvalue weighted by Crippen LogP contribution is 2.18. The first kappa shape index (κ1) is 15.5. The third-order valence-corrected chi connectivity index (χ3v) is 4.10. The van der Waals surface area contributed by atoms with Crippen LogP contribution >= 0.6 is 15.9 Å². The first-order valence-corrected chi connectivity index (χ1v) is 7.98. The number of benzene rings is 2. The zero-order valence-corrected chi connectivity index (χ0v) is 14.1. The minimum Gasteiger partial charge on any atom is -0.303 e. The lowest BCUT2D eigenvalue weighted by atomic mass is 10.1. The molecule has 2 aromatic rings. The van der Waals surface area contributed by atoms with Gasteiger partial charge in [-0.15, -0.1) is 0 Å². The second-order valence-electron chi connectivity index (χ2n) is 5.42. The number of rotatable bonds is 3. The van der Waals surface area contributed by atoms with Crippen LogP contribution < -0.4 is 5.32 Å². The Kier molecular flexibility index (Phi) is 4.30. The number of aryl methyl sites for hydroxylation is 1. The number of carbonyl (C=O) groups excluding carboxylic acids is 2. The molecular weight excluding hydrogens is 356 g/mol. The van der Waals surface area contributed by atoms with Crippen molar-refractivity contribution >= 4 is 33.9 Å². The Labute approximate surface area is 142 Å². The molecule has 3 rings (SSSR count). The number of nitrogens with one attached hydrogen (secondary N) is 1. The van der Waals surface area contributed by atoms with E-state index in [4.69, 9.17) is 0 Å². The Balaban J connectivity index is 1.81. The maximum Gasteiger partial charge on any atom is 0.329 e. The predicted molar refractivity (Wildman–Crippen MR) is 92.4 cm³/mol. The Bertz CT molecular complexity index is 797. The second-order valence-corrected chi connectivity index (χ2v) is 6.34. The van der Waals surface area contributed by atoms with Gasteiger partial charge in [-0.1, -0.05) is 57.9 Å². The molecule has 116 valence electrons. The molecule has 1 saturated heterocycles. The summed E-state index contributed by atoms with van der Waals surface area (Å²) in [6.45, 7) is 2.24. The van der Waals surface area contributed by atoms with E-state index in [9.17, 15) is 9.59 Å². The van der Waals surface area contributed by atoms with Crippen molar-refractivity contribution in [3.63, 3.8) is 0 Å². The van der Waals surface area contributed by atoms with E-state index in [0.29, 0.717) is 5.70 Å². The monoisotopic (exact) mass is 370 g/mol. The second kappa shape index (κ2) is 6.38. The molecule has 0 saturated carbocycles. The summed E-state index contributed by atoms with van der Waals surface area (Å²) < 4.78 is 0.957. The highest BCUT2D eigenvalue weighted by molar-refractivity contribution is 9.10. The summed E-state index contributed by atoms with van der Waals surface area (Å²) in [7, 11) is 0. The van der Waals surface area contributed by atoms with Gasteiger partial charge in [-0.3, -0.25) is 9.69 Å². The van der Waals surface area contributed by atoms with E-state index < -0.39 is 6.03 Å². The van der Waals surface area contributed by atoms with Gasteiger partial charge in [-0.05, 0) is 36.3 Å². The minimum atomic E-state index is -0.392. The Morgan fingerprint density at radius 3 is 2.57 bits per heavy atom. The molecular formula is C18H15BrN2O2. The van der Waals surface area contributed by atoms with Gasteiger partial charge in [0.05, 0.1) is 6.54 Å². The molecule has 0 radical (unpaired) electrons. The van der Waals surface area contributed by atoms with Crippen molar-refractivity contribution in [2.45, 2.75) is 13.5 Å². The number of carbonyl (C=O) groups is 2. The topological polar surface area (TPSA) is 49.4 Å². The molecule has 2 aromatic carbocycles. The first-order valence-electron chi connectivity index (χ1n) is 7.18. The van der Waals surface area contributed by atoms with E-state index in [1.165, 1.54) is 4.90 Å². The molecule has 1 fully saturated rings. The first-order chi connectivity index (χ1) is 11.0. The number of nitrogens with zero attached hydrogens (tertiary/aromatic N) is 1. The van der Waals surface area contributed by atoms with Gasteiger partial charge in [0.15, 0.2) is 0 Å². The number of halogens is 1. The number of amides is 3. The fourth-order valence-corrected chi connectivity index (χ4v) is 2.68. The number of hydrogen-bond donors (Lipinski definition) is 1. The number of imide groups is 1. The summed E-state index contributed by atoms with van der Waals surface area (Å²) in [5, 5.41) is 2.64. The summed E-state index contributed by atoms with van der Waals surface area (Å²) in [4.78, 5) is 25.7. The van der Waals surface area contributed by atoms with Crippen LogP contribution in [0.4, 0.5) is 4.79 Å². The molecule has 1 N–H and O–H groups in total. The molecule has 1 aliphatic rings. The summed E-state index contributed by atoms with van der Waals surface area (Å²) in [5.41, 5.74) is 3.19. The SMILES string of the molecule is Cc1cccc(/C=C2\NC(=O)N(Cc3ccc(Br)cc3)C2=O)c1. The lowest BCUT2D eigenvalue weighted by molar-refractivity contribution is -0.123. The fraction of sp³-hybridized carbons (Fsp3) is 0.111. The van der Waals surface area contributed by atoms with Crippen LogP contribution in [0.25, 0.3) is 6.08 Å². The Morgan fingerprint density at radius 2 is 1.87 bits per heavy atom. The normalized spacial score (nSPS) is 16.1. The predicted octanol–water partition coefficient (Wildman–Crippen LogP) is 3.85. The molecule has 0 bridgehead atoms. The highest BCUT2D eigenvalue weighted by Gasteiger charge is 2.33. The van der Waals surface area contributed by atoms with Gasteiger partial charge in [0, 0.05) is 4.47 Å². The maximum atomic E-state index is 12.4. The minimum absolute atomic E-state index is 0.253. The van der Waals surface area contributed by atoms with E-state index in [1.807, 2.05) is 55.5 Å². The molecule has 0 aliphatic carbocycles. The van der Waals surface area contributed by atoms with Gasteiger partial charge >= 0.3 is 6.03 Å². The average molecular weight is 371 g/mol. The molecule has 0 unspecified atom stereocenters. The number of hydrogen-bond acceptors (Lipinski definition) is 2. The molecule has 1 heterocycles. The van der Waals surface area contributed by atoms with Crippen molar-refractivity contribution in [2.24, 2.45) is 0 Å². The molecule has 5 heteroatoms.